The Morgan fingerprint density at radius 1 is 1.28 bits per heavy atom. The van der Waals surface area contributed by atoms with Crippen LogP contribution < -0.4 is 10.6 Å². The number of carboxylic acids is 1. The summed E-state index contributed by atoms with van der Waals surface area (Å²) in [7, 11) is 3.83. The van der Waals surface area contributed by atoms with E-state index in [1.54, 1.807) is 20.8 Å². The summed E-state index contributed by atoms with van der Waals surface area (Å²) < 4.78 is 0. The van der Waals surface area contributed by atoms with Gasteiger partial charge in [-0.2, -0.15) is 0 Å². The number of rotatable bonds is 5. The van der Waals surface area contributed by atoms with Crippen LogP contribution in [-0.2, 0) is 4.79 Å². The zero-order valence-electron chi connectivity index (χ0n) is 12.1. The molecule has 0 saturated carbocycles. The number of nitrogens with one attached hydrogen (secondary N) is 2. The predicted octanol–water partition coefficient (Wildman–Crippen LogP) is 0.735. The molecule has 0 aliphatic carbocycles. The molecule has 106 valence electrons. The molecule has 2 amide bonds. The van der Waals surface area contributed by atoms with Crippen molar-refractivity contribution in [2.45, 2.75) is 39.8 Å². The first-order valence-corrected chi connectivity index (χ1v) is 5.99. The number of hydrogen-bond acceptors (Lipinski definition) is 3. The normalized spacial score (nSPS) is 15.1. The fraction of sp³-hybridized carbons (Fsp3) is 0.833. The van der Waals surface area contributed by atoms with Crippen LogP contribution in [0.2, 0.25) is 0 Å². The summed E-state index contributed by atoms with van der Waals surface area (Å²) >= 11 is 0. The Bertz CT molecular complexity index is 297. The third-order valence-corrected chi connectivity index (χ3v) is 2.83. The first-order valence-electron chi connectivity index (χ1n) is 5.99. The molecule has 6 heteroatoms. The van der Waals surface area contributed by atoms with E-state index < -0.39 is 23.5 Å². The van der Waals surface area contributed by atoms with Crippen molar-refractivity contribution >= 4 is 12.0 Å². The second-order valence-corrected chi connectivity index (χ2v) is 5.80. The number of hydrogen-bond donors (Lipinski definition) is 3. The van der Waals surface area contributed by atoms with Gasteiger partial charge in [0.1, 0.15) is 6.04 Å². The van der Waals surface area contributed by atoms with Gasteiger partial charge in [-0.15, -0.1) is 0 Å². The van der Waals surface area contributed by atoms with Gasteiger partial charge in [-0.1, -0.05) is 20.8 Å². The van der Waals surface area contributed by atoms with Crippen LogP contribution in [0.15, 0.2) is 0 Å². The molecular weight excluding hydrogens is 234 g/mol. The molecule has 0 aromatic rings. The van der Waals surface area contributed by atoms with E-state index in [4.69, 9.17) is 5.11 Å². The zero-order chi connectivity index (χ0) is 14.5. The number of carbonyl (C=O) groups excluding carboxylic acids is 1. The SMILES string of the molecule is CC(CNC(=O)N[C@H](C(=O)O)C(C)(C)C)N(C)C. The van der Waals surface area contributed by atoms with Crippen molar-refractivity contribution in [1.82, 2.24) is 15.5 Å². The second kappa shape index (κ2) is 6.58. The number of aliphatic carboxylic acids is 1. The van der Waals surface area contributed by atoms with Crippen molar-refractivity contribution in [3.8, 4) is 0 Å². The van der Waals surface area contributed by atoms with E-state index >= 15 is 0 Å². The van der Waals surface area contributed by atoms with E-state index in [1.165, 1.54) is 0 Å². The lowest BCUT2D eigenvalue weighted by atomic mass is 9.87. The second-order valence-electron chi connectivity index (χ2n) is 5.80. The van der Waals surface area contributed by atoms with Crippen LogP contribution in [0.1, 0.15) is 27.7 Å². The predicted molar refractivity (Wildman–Crippen MR) is 70.6 cm³/mol. The molecular formula is C12H25N3O3. The first kappa shape index (κ1) is 16.7. The third-order valence-electron chi connectivity index (χ3n) is 2.83. The number of carbonyl (C=O) groups is 2. The standard InChI is InChI=1S/C12H25N3O3/c1-8(15(5)6)7-13-11(18)14-9(10(16)17)12(2,3)4/h8-9H,7H2,1-6H3,(H,16,17)(H2,13,14,18)/t8?,9-/m1/s1. The van der Waals surface area contributed by atoms with E-state index in [2.05, 4.69) is 10.6 Å². The zero-order valence-corrected chi connectivity index (χ0v) is 12.1. The number of likely N-dealkylation sites (N-methyl/N-ethyl adjacent to an activating group) is 1. The molecule has 0 heterocycles. The Balaban J connectivity index is 4.33. The molecule has 0 fully saturated rings. The molecule has 2 atom stereocenters. The fourth-order valence-corrected chi connectivity index (χ4v) is 1.25. The highest BCUT2D eigenvalue weighted by Gasteiger charge is 2.32. The van der Waals surface area contributed by atoms with E-state index in [1.807, 2.05) is 25.9 Å². The molecule has 18 heavy (non-hydrogen) atoms. The number of carboxylic acid groups (broad SMARTS) is 1. The van der Waals surface area contributed by atoms with Crippen LogP contribution in [0, 0.1) is 5.41 Å². The highest BCUT2D eigenvalue weighted by atomic mass is 16.4. The van der Waals surface area contributed by atoms with Crippen molar-refractivity contribution in [2.24, 2.45) is 5.41 Å². The third kappa shape index (κ3) is 5.86. The molecule has 0 radical (unpaired) electrons. The summed E-state index contributed by atoms with van der Waals surface area (Å²) in [5.41, 5.74) is -0.531. The van der Waals surface area contributed by atoms with Crippen LogP contribution in [-0.4, -0.2) is 54.7 Å². The van der Waals surface area contributed by atoms with Gasteiger partial charge in [-0.25, -0.2) is 9.59 Å². The average Bonchev–Trinajstić information content (AvgIpc) is 2.20. The van der Waals surface area contributed by atoms with Crippen LogP contribution >= 0.6 is 0 Å². The monoisotopic (exact) mass is 259 g/mol. The summed E-state index contributed by atoms with van der Waals surface area (Å²) in [6.45, 7) is 7.76. The molecule has 3 N–H and O–H groups in total. The van der Waals surface area contributed by atoms with Crippen molar-refractivity contribution in [2.75, 3.05) is 20.6 Å². The van der Waals surface area contributed by atoms with Gasteiger partial charge in [0, 0.05) is 12.6 Å². The highest BCUT2D eigenvalue weighted by Crippen LogP contribution is 2.19. The Morgan fingerprint density at radius 3 is 2.11 bits per heavy atom. The van der Waals surface area contributed by atoms with Crippen molar-refractivity contribution in [1.29, 1.82) is 0 Å². The quantitative estimate of drug-likeness (QED) is 0.680. The Labute approximate surface area is 109 Å². The maximum atomic E-state index is 11.6. The van der Waals surface area contributed by atoms with Gasteiger partial charge in [-0.05, 0) is 26.4 Å². The minimum Gasteiger partial charge on any atom is -0.480 e. The maximum Gasteiger partial charge on any atom is 0.326 e. The lowest BCUT2D eigenvalue weighted by Gasteiger charge is -2.28. The molecule has 0 aliphatic heterocycles. The first-order chi connectivity index (χ1) is 8.05. The van der Waals surface area contributed by atoms with Crippen molar-refractivity contribution < 1.29 is 14.7 Å². The van der Waals surface area contributed by atoms with Crippen LogP contribution in [0.5, 0.6) is 0 Å². The Kier molecular flexibility index (Phi) is 6.11. The van der Waals surface area contributed by atoms with E-state index in [9.17, 15) is 9.59 Å². The minimum atomic E-state index is -1.03. The lowest BCUT2D eigenvalue weighted by Crippen LogP contribution is -2.53. The molecule has 0 bridgehead atoms. The number of urea groups is 1. The summed E-state index contributed by atoms with van der Waals surface area (Å²) in [5.74, 6) is -1.03. The summed E-state index contributed by atoms with van der Waals surface area (Å²) in [6, 6.07) is -1.17. The van der Waals surface area contributed by atoms with Crippen LogP contribution in [0.4, 0.5) is 4.79 Å². The molecule has 6 nitrogen and oxygen atoms in total. The van der Waals surface area contributed by atoms with Gasteiger partial charge in [-0.3, -0.25) is 0 Å². The largest absolute Gasteiger partial charge is 0.480 e. The van der Waals surface area contributed by atoms with Gasteiger partial charge in [0.25, 0.3) is 0 Å². The summed E-state index contributed by atoms with van der Waals surface area (Å²) in [5, 5.41) is 14.2. The Morgan fingerprint density at radius 2 is 1.78 bits per heavy atom. The van der Waals surface area contributed by atoms with Gasteiger partial charge < -0.3 is 20.6 Å². The van der Waals surface area contributed by atoms with Crippen molar-refractivity contribution in [3.05, 3.63) is 0 Å². The number of amides is 2. The summed E-state index contributed by atoms with van der Waals surface area (Å²) in [4.78, 5) is 24.7. The fourth-order valence-electron chi connectivity index (χ4n) is 1.25. The van der Waals surface area contributed by atoms with Crippen LogP contribution in [0.3, 0.4) is 0 Å². The van der Waals surface area contributed by atoms with E-state index in [-0.39, 0.29) is 6.04 Å². The summed E-state index contributed by atoms with van der Waals surface area (Å²) in [6.07, 6.45) is 0. The maximum absolute atomic E-state index is 11.6. The molecule has 0 aromatic carbocycles. The lowest BCUT2D eigenvalue weighted by molar-refractivity contribution is -0.141. The topological polar surface area (TPSA) is 81.7 Å². The average molecular weight is 259 g/mol. The van der Waals surface area contributed by atoms with E-state index in [0.29, 0.717) is 6.54 Å². The molecule has 0 aromatic heterocycles. The van der Waals surface area contributed by atoms with Gasteiger partial charge in [0.05, 0.1) is 0 Å². The van der Waals surface area contributed by atoms with Gasteiger partial charge >= 0.3 is 12.0 Å². The smallest absolute Gasteiger partial charge is 0.326 e. The number of nitrogens with zero attached hydrogens (tertiary/aromatic N) is 1. The van der Waals surface area contributed by atoms with E-state index in [0.717, 1.165) is 0 Å². The molecule has 1 unspecified atom stereocenters. The minimum absolute atomic E-state index is 0.189. The molecule has 0 saturated heterocycles. The van der Waals surface area contributed by atoms with Crippen LogP contribution in [0.25, 0.3) is 0 Å². The highest BCUT2D eigenvalue weighted by molar-refractivity contribution is 5.83. The molecule has 0 rings (SSSR count). The molecule has 0 spiro atoms. The van der Waals surface area contributed by atoms with Gasteiger partial charge in [0.15, 0.2) is 0 Å². The Hall–Kier alpha value is -1.30. The molecule has 0 aliphatic rings. The van der Waals surface area contributed by atoms with Gasteiger partial charge in [0.2, 0.25) is 0 Å². The van der Waals surface area contributed by atoms with Crippen molar-refractivity contribution in [3.63, 3.8) is 0 Å².